The molecule has 0 spiro atoms. The minimum absolute atomic E-state index is 0.0974. The number of Topliss-reactive ketones (excluding diaryl/α,β-unsaturated/α-hetero) is 1. The zero-order chi connectivity index (χ0) is 21.3. The molecule has 0 saturated carbocycles. The summed E-state index contributed by atoms with van der Waals surface area (Å²) >= 11 is 0. The van der Waals surface area contributed by atoms with Gasteiger partial charge in [0.25, 0.3) is 5.91 Å². The van der Waals surface area contributed by atoms with Crippen molar-refractivity contribution in [3.8, 4) is 11.5 Å². The molecule has 0 unspecified atom stereocenters. The number of hydrogen-bond donors (Lipinski definition) is 2. The third-order valence-corrected chi connectivity index (χ3v) is 4.96. The molecule has 1 amide bonds. The van der Waals surface area contributed by atoms with E-state index < -0.39 is 0 Å². The van der Waals surface area contributed by atoms with E-state index in [0.717, 1.165) is 16.9 Å². The molecule has 0 bridgehead atoms. The Balaban J connectivity index is 1.56. The highest BCUT2D eigenvalue weighted by molar-refractivity contribution is 6.05. The molecule has 1 aliphatic heterocycles. The van der Waals surface area contributed by atoms with Crippen molar-refractivity contribution >= 4 is 23.2 Å². The van der Waals surface area contributed by atoms with Crippen LogP contribution in [0.2, 0.25) is 0 Å². The first-order valence-corrected chi connectivity index (χ1v) is 9.31. The zero-order valence-electron chi connectivity index (χ0n) is 16.9. The largest absolute Gasteiger partial charge is 0.497 e. The van der Waals surface area contributed by atoms with Crippen LogP contribution in [-0.2, 0) is 13.1 Å². The molecule has 1 aliphatic rings. The number of aromatic amines is 1. The van der Waals surface area contributed by atoms with Crippen LogP contribution in [0.3, 0.4) is 0 Å². The second-order valence-corrected chi connectivity index (χ2v) is 6.87. The van der Waals surface area contributed by atoms with E-state index in [1.807, 2.05) is 11.0 Å². The summed E-state index contributed by atoms with van der Waals surface area (Å²) in [6.07, 6.45) is 1.60. The molecule has 30 heavy (non-hydrogen) atoms. The Bertz CT molecular complexity index is 1100. The fraction of sp³-hybridized carbons (Fsp3) is 0.238. The maximum absolute atomic E-state index is 12.8. The third-order valence-electron chi connectivity index (χ3n) is 4.96. The van der Waals surface area contributed by atoms with Crippen LogP contribution in [-0.4, -0.2) is 41.1 Å². The Hall–Kier alpha value is -3.88. The Kier molecular flexibility index (Phi) is 5.09. The molecule has 3 aromatic rings. The maximum atomic E-state index is 12.8. The molecule has 9 heteroatoms. The lowest BCUT2D eigenvalue weighted by atomic mass is 10.2. The molecule has 0 atom stereocenters. The Morgan fingerprint density at radius 2 is 1.87 bits per heavy atom. The van der Waals surface area contributed by atoms with Gasteiger partial charge in [0, 0.05) is 36.9 Å². The van der Waals surface area contributed by atoms with E-state index in [1.54, 1.807) is 30.5 Å². The zero-order valence-corrected chi connectivity index (χ0v) is 16.9. The van der Waals surface area contributed by atoms with E-state index in [4.69, 9.17) is 9.47 Å². The number of pyridine rings is 1. The van der Waals surface area contributed by atoms with E-state index >= 15 is 0 Å². The molecule has 2 N–H and O–H groups in total. The van der Waals surface area contributed by atoms with Crippen molar-refractivity contribution in [2.24, 2.45) is 0 Å². The van der Waals surface area contributed by atoms with Crippen LogP contribution in [0, 0.1) is 0 Å². The van der Waals surface area contributed by atoms with Crippen molar-refractivity contribution in [2.45, 2.75) is 20.0 Å². The number of ether oxygens (including phenoxy) is 2. The van der Waals surface area contributed by atoms with Crippen molar-refractivity contribution < 1.29 is 19.1 Å². The Labute approximate surface area is 173 Å². The van der Waals surface area contributed by atoms with Crippen molar-refractivity contribution in [1.29, 1.82) is 0 Å². The van der Waals surface area contributed by atoms with Crippen molar-refractivity contribution in [3.05, 3.63) is 59.0 Å². The van der Waals surface area contributed by atoms with Crippen molar-refractivity contribution in [3.63, 3.8) is 0 Å². The molecule has 2 aromatic heterocycles. The second-order valence-electron chi connectivity index (χ2n) is 6.87. The van der Waals surface area contributed by atoms with Gasteiger partial charge in [0.05, 0.1) is 32.1 Å². The van der Waals surface area contributed by atoms with Gasteiger partial charge < -0.3 is 19.7 Å². The first kappa shape index (κ1) is 19.4. The van der Waals surface area contributed by atoms with E-state index in [-0.39, 0.29) is 11.7 Å². The lowest BCUT2D eigenvalue weighted by Crippen LogP contribution is -2.20. The van der Waals surface area contributed by atoms with Gasteiger partial charge in [0.2, 0.25) is 0 Å². The standard InChI is InChI=1S/C21H21N5O4/c1-12(27)19-18(5-4-6-22-19)26-10-16-17(11-26)24-25-20(16)23-21(28)13-7-14(29-2)9-15(8-13)30-3/h4-9H,10-11H2,1-3H3,(H2,23,24,25,28). The van der Waals surface area contributed by atoms with Gasteiger partial charge in [-0.1, -0.05) is 0 Å². The van der Waals surface area contributed by atoms with Gasteiger partial charge in [0.1, 0.15) is 17.2 Å². The lowest BCUT2D eigenvalue weighted by Gasteiger charge is -2.19. The first-order chi connectivity index (χ1) is 14.5. The number of amides is 1. The van der Waals surface area contributed by atoms with Gasteiger partial charge in [0.15, 0.2) is 11.6 Å². The smallest absolute Gasteiger partial charge is 0.257 e. The average Bonchev–Trinajstić information content (AvgIpc) is 3.35. The predicted octanol–water partition coefficient (Wildman–Crippen LogP) is 2.80. The fourth-order valence-electron chi connectivity index (χ4n) is 3.46. The number of carbonyl (C=O) groups is 2. The normalized spacial score (nSPS) is 12.4. The number of anilines is 2. The predicted molar refractivity (Wildman–Crippen MR) is 110 cm³/mol. The van der Waals surface area contributed by atoms with Crippen LogP contribution < -0.4 is 19.7 Å². The summed E-state index contributed by atoms with van der Waals surface area (Å²) < 4.78 is 10.5. The molecule has 1 aromatic carbocycles. The van der Waals surface area contributed by atoms with Crippen LogP contribution >= 0.6 is 0 Å². The van der Waals surface area contributed by atoms with E-state index in [9.17, 15) is 9.59 Å². The van der Waals surface area contributed by atoms with Crippen LogP contribution in [0.25, 0.3) is 0 Å². The topological polar surface area (TPSA) is 109 Å². The summed E-state index contributed by atoms with van der Waals surface area (Å²) in [6.45, 7) is 2.53. The summed E-state index contributed by atoms with van der Waals surface area (Å²) in [5, 5.41) is 10.1. The van der Waals surface area contributed by atoms with E-state index in [1.165, 1.54) is 21.1 Å². The van der Waals surface area contributed by atoms with Crippen molar-refractivity contribution in [2.75, 3.05) is 24.4 Å². The van der Waals surface area contributed by atoms with Gasteiger partial charge in [-0.05, 0) is 24.3 Å². The number of carbonyl (C=O) groups excluding carboxylic acids is 2. The third kappa shape index (κ3) is 3.57. The summed E-state index contributed by atoms with van der Waals surface area (Å²) in [4.78, 5) is 30.9. The number of benzene rings is 1. The first-order valence-electron chi connectivity index (χ1n) is 9.31. The molecule has 0 radical (unpaired) electrons. The average molecular weight is 407 g/mol. The van der Waals surface area contributed by atoms with Crippen LogP contribution in [0.1, 0.15) is 39.0 Å². The highest BCUT2D eigenvalue weighted by Gasteiger charge is 2.28. The van der Waals surface area contributed by atoms with Gasteiger partial charge in [-0.3, -0.25) is 19.7 Å². The quantitative estimate of drug-likeness (QED) is 0.605. The number of ketones is 1. The van der Waals surface area contributed by atoms with Gasteiger partial charge in [-0.2, -0.15) is 5.10 Å². The summed E-state index contributed by atoms with van der Waals surface area (Å²) in [5.74, 6) is 1.07. The lowest BCUT2D eigenvalue weighted by molar-refractivity contribution is 0.100. The van der Waals surface area contributed by atoms with Gasteiger partial charge >= 0.3 is 0 Å². The number of nitrogens with one attached hydrogen (secondary N) is 2. The molecular weight excluding hydrogens is 386 g/mol. The Morgan fingerprint density at radius 3 is 2.53 bits per heavy atom. The maximum Gasteiger partial charge on any atom is 0.257 e. The number of fused-ring (bicyclic) bond motifs is 1. The van der Waals surface area contributed by atoms with Crippen LogP contribution in [0.5, 0.6) is 11.5 Å². The van der Waals surface area contributed by atoms with Gasteiger partial charge in [-0.25, -0.2) is 0 Å². The second kappa shape index (κ2) is 7.86. The number of rotatable bonds is 6. The van der Waals surface area contributed by atoms with Crippen LogP contribution in [0.15, 0.2) is 36.5 Å². The molecule has 0 aliphatic carbocycles. The fourth-order valence-corrected chi connectivity index (χ4v) is 3.46. The molecule has 9 nitrogen and oxygen atoms in total. The molecule has 0 fully saturated rings. The number of aromatic nitrogens is 3. The number of nitrogens with zero attached hydrogens (tertiary/aromatic N) is 3. The number of H-pyrrole nitrogens is 1. The minimum Gasteiger partial charge on any atom is -0.497 e. The SMILES string of the molecule is COc1cc(OC)cc(C(=O)Nc2n[nH]c3c2CN(c2cccnc2C(C)=O)C3)c1. The minimum atomic E-state index is -0.328. The van der Waals surface area contributed by atoms with Crippen molar-refractivity contribution in [1.82, 2.24) is 15.2 Å². The highest BCUT2D eigenvalue weighted by atomic mass is 16.5. The van der Waals surface area contributed by atoms with E-state index in [2.05, 4.69) is 20.5 Å². The molecule has 154 valence electrons. The molecule has 0 saturated heterocycles. The van der Waals surface area contributed by atoms with Crippen LogP contribution in [0.4, 0.5) is 11.5 Å². The summed E-state index contributed by atoms with van der Waals surface area (Å²) in [6, 6.07) is 8.62. The summed E-state index contributed by atoms with van der Waals surface area (Å²) in [7, 11) is 3.05. The summed E-state index contributed by atoms with van der Waals surface area (Å²) in [5.41, 5.74) is 3.32. The Morgan fingerprint density at radius 1 is 1.13 bits per heavy atom. The number of hydrogen-bond acceptors (Lipinski definition) is 7. The number of methoxy groups -OCH3 is 2. The highest BCUT2D eigenvalue weighted by Crippen LogP contribution is 2.33. The van der Waals surface area contributed by atoms with E-state index in [0.29, 0.717) is 41.7 Å². The molecule has 3 heterocycles. The molecular formula is C21H21N5O4. The molecule has 4 rings (SSSR count). The van der Waals surface area contributed by atoms with Gasteiger partial charge in [-0.15, -0.1) is 0 Å². The monoisotopic (exact) mass is 407 g/mol.